The molecule has 1 aromatic carbocycles. The fourth-order valence-electron chi connectivity index (χ4n) is 2.50. The molecule has 0 spiro atoms. The van der Waals surface area contributed by atoms with E-state index in [0.29, 0.717) is 11.0 Å². The van der Waals surface area contributed by atoms with Crippen LogP contribution in [0.3, 0.4) is 0 Å². The van der Waals surface area contributed by atoms with Gasteiger partial charge in [-0.2, -0.15) is 4.98 Å². The fourth-order valence-corrected chi connectivity index (χ4v) is 2.71. The maximum atomic E-state index is 6.26. The Kier molecular flexibility index (Phi) is 3.74. The molecule has 0 amide bonds. The first-order valence-electron chi connectivity index (χ1n) is 6.86. The molecule has 104 valence electrons. The lowest BCUT2D eigenvalue weighted by molar-refractivity contribution is 0.720. The molecule has 0 fully saturated rings. The molecular weight excluding hydrogens is 272 g/mol. The number of benzene rings is 1. The molecule has 4 nitrogen and oxygen atoms in total. The second kappa shape index (κ2) is 5.67. The average Bonchev–Trinajstić information content (AvgIpc) is 2.49. The zero-order valence-electron chi connectivity index (χ0n) is 11.4. The van der Waals surface area contributed by atoms with Crippen LogP contribution in [0.1, 0.15) is 18.1 Å². The highest BCUT2D eigenvalue weighted by Crippen LogP contribution is 2.28. The van der Waals surface area contributed by atoms with Gasteiger partial charge in [0.25, 0.3) is 0 Å². The quantitative estimate of drug-likeness (QED) is 0.942. The van der Waals surface area contributed by atoms with Crippen molar-refractivity contribution in [2.45, 2.75) is 19.9 Å². The average molecular weight is 289 g/mol. The van der Waals surface area contributed by atoms with Gasteiger partial charge in [-0.25, -0.2) is 4.98 Å². The van der Waals surface area contributed by atoms with Gasteiger partial charge in [0.15, 0.2) is 5.82 Å². The second-order valence-corrected chi connectivity index (χ2v) is 5.24. The lowest BCUT2D eigenvalue weighted by Gasteiger charge is -2.30. The van der Waals surface area contributed by atoms with Crippen LogP contribution in [-0.2, 0) is 13.0 Å². The minimum Gasteiger partial charge on any atom is -0.354 e. The van der Waals surface area contributed by atoms with Crippen LogP contribution in [0.25, 0.3) is 0 Å². The number of nitrogens with one attached hydrogen (secondary N) is 1. The van der Waals surface area contributed by atoms with Crippen LogP contribution in [-0.4, -0.2) is 23.1 Å². The van der Waals surface area contributed by atoms with Gasteiger partial charge in [0, 0.05) is 19.6 Å². The first-order valence-corrected chi connectivity index (χ1v) is 7.24. The van der Waals surface area contributed by atoms with Gasteiger partial charge >= 0.3 is 0 Å². The maximum Gasteiger partial charge on any atom is 0.224 e. The normalized spacial score (nSPS) is 14.0. The third kappa shape index (κ3) is 2.56. The van der Waals surface area contributed by atoms with Crippen molar-refractivity contribution < 1.29 is 0 Å². The highest BCUT2D eigenvalue weighted by atomic mass is 35.5. The van der Waals surface area contributed by atoms with Gasteiger partial charge in [-0.05, 0) is 24.5 Å². The van der Waals surface area contributed by atoms with Crippen LogP contribution in [0, 0.1) is 0 Å². The molecule has 0 saturated carbocycles. The summed E-state index contributed by atoms with van der Waals surface area (Å²) in [6, 6.07) is 8.53. The molecule has 1 aromatic heterocycles. The van der Waals surface area contributed by atoms with Gasteiger partial charge in [-0.3, -0.25) is 0 Å². The summed E-state index contributed by atoms with van der Waals surface area (Å²) in [5.74, 6) is 1.44. The Morgan fingerprint density at radius 2 is 2.10 bits per heavy atom. The molecule has 0 aliphatic carbocycles. The van der Waals surface area contributed by atoms with Crippen LogP contribution >= 0.6 is 11.6 Å². The number of aromatic nitrogens is 2. The number of rotatable bonds is 3. The summed E-state index contributed by atoms with van der Waals surface area (Å²) in [4.78, 5) is 10.9. The van der Waals surface area contributed by atoms with E-state index >= 15 is 0 Å². The van der Waals surface area contributed by atoms with E-state index in [1.807, 2.05) is 6.92 Å². The summed E-state index contributed by atoms with van der Waals surface area (Å²) < 4.78 is 0. The van der Waals surface area contributed by atoms with Crippen molar-refractivity contribution in [1.29, 1.82) is 0 Å². The summed E-state index contributed by atoms with van der Waals surface area (Å²) in [7, 11) is 0. The Morgan fingerprint density at radius 1 is 1.30 bits per heavy atom. The molecule has 0 unspecified atom stereocenters. The van der Waals surface area contributed by atoms with Crippen LogP contribution in [0.2, 0.25) is 5.02 Å². The predicted molar refractivity (Wildman–Crippen MR) is 82.4 cm³/mol. The van der Waals surface area contributed by atoms with Crippen LogP contribution in [0.5, 0.6) is 0 Å². The van der Waals surface area contributed by atoms with Crippen molar-refractivity contribution in [1.82, 2.24) is 9.97 Å². The van der Waals surface area contributed by atoms with E-state index in [9.17, 15) is 0 Å². The smallest absolute Gasteiger partial charge is 0.224 e. The number of hydrogen-bond acceptors (Lipinski definition) is 4. The third-order valence-corrected chi connectivity index (χ3v) is 3.76. The summed E-state index contributed by atoms with van der Waals surface area (Å²) in [6.07, 6.45) is 2.69. The fraction of sp³-hybridized carbons (Fsp3) is 0.333. The first-order chi connectivity index (χ1) is 9.78. The zero-order valence-corrected chi connectivity index (χ0v) is 12.2. The molecule has 1 N–H and O–H groups in total. The minimum absolute atomic E-state index is 0.603. The van der Waals surface area contributed by atoms with Crippen LogP contribution < -0.4 is 10.2 Å². The van der Waals surface area contributed by atoms with Gasteiger partial charge in [0.05, 0.1) is 6.20 Å². The van der Waals surface area contributed by atoms with E-state index in [-0.39, 0.29) is 0 Å². The van der Waals surface area contributed by atoms with Crippen molar-refractivity contribution in [2.75, 3.05) is 23.3 Å². The molecular formula is C15H17ClN4. The lowest BCUT2D eigenvalue weighted by atomic mass is 10.00. The van der Waals surface area contributed by atoms with Gasteiger partial charge in [0.1, 0.15) is 5.02 Å². The van der Waals surface area contributed by atoms with Gasteiger partial charge in [-0.15, -0.1) is 0 Å². The molecule has 1 aliphatic rings. The number of fused-ring (bicyclic) bond motifs is 1. The summed E-state index contributed by atoms with van der Waals surface area (Å²) >= 11 is 6.26. The van der Waals surface area contributed by atoms with E-state index < -0.39 is 0 Å². The Morgan fingerprint density at radius 3 is 2.90 bits per heavy atom. The minimum atomic E-state index is 0.603. The van der Waals surface area contributed by atoms with Crippen molar-refractivity contribution in [3.63, 3.8) is 0 Å². The SMILES string of the molecule is CCNc1ncc(Cl)c(N2CCc3ccccc3C2)n1. The summed E-state index contributed by atoms with van der Waals surface area (Å²) in [5.41, 5.74) is 2.76. The summed E-state index contributed by atoms with van der Waals surface area (Å²) in [6.45, 7) is 4.59. The molecule has 1 aliphatic heterocycles. The Hall–Kier alpha value is -1.81. The third-order valence-electron chi connectivity index (χ3n) is 3.49. The van der Waals surface area contributed by atoms with Gasteiger partial charge in [-0.1, -0.05) is 35.9 Å². The monoisotopic (exact) mass is 288 g/mol. The van der Waals surface area contributed by atoms with E-state index in [1.54, 1.807) is 6.20 Å². The number of hydrogen-bond donors (Lipinski definition) is 1. The number of nitrogens with zero attached hydrogens (tertiary/aromatic N) is 3. The van der Waals surface area contributed by atoms with E-state index in [2.05, 4.69) is 44.5 Å². The van der Waals surface area contributed by atoms with Crippen molar-refractivity contribution >= 4 is 23.4 Å². The second-order valence-electron chi connectivity index (χ2n) is 4.84. The molecule has 0 radical (unpaired) electrons. The highest BCUT2D eigenvalue weighted by molar-refractivity contribution is 6.32. The Bertz CT molecular complexity index is 615. The van der Waals surface area contributed by atoms with Gasteiger partial charge < -0.3 is 10.2 Å². The van der Waals surface area contributed by atoms with Crippen LogP contribution in [0.15, 0.2) is 30.5 Å². The number of halogens is 1. The lowest BCUT2D eigenvalue weighted by Crippen LogP contribution is -2.31. The zero-order chi connectivity index (χ0) is 13.9. The van der Waals surface area contributed by atoms with Crippen molar-refractivity contribution in [3.8, 4) is 0 Å². The molecule has 20 heavy (non-hydrogen) atoms. The van der Waals surface area contributed by atoms with Crippen molar-refractivity contribution in [3.05, 3.63) is 46.6 Å². The van der Waals surface area contributed by atoms with E-state index in [1.165, 1.54) is 11.1 Å². The molecule has 0 atom stereocenters. The summed E-state index contributed by atoms with van der Waals surface area (Å²) in [5, 5.41) is 3.73. The highest BCUT2D eigenvalue weighted by Gasteiger charge is 2.19. The molecule has 0 saturated heterocycles. The Balaban J connectivity index is 1.89. The van der Waals surface area contributed by atoms with Gasteiger partial charge in [0.2, 0.25) is 5.95 Å². The Labute approximate surface area is 123 Å². The molecule has 0 bridgehead atoms. The van der Waals surface area contributed by atoms with E-state index in [4.69, 9.17) is 11.6 Å². The molecule has 3 rings (SSSR count). The topological polar surface area (TPSA) is 41.1 Å². The number of anilines is 2. The maximum absolute atomic E-state index is 6.26. The van der Waals surface area contributed by atoms with E-state index in [0.717, 1.165) is 31.9 Å². The van der Waals surface area contributed by atoms with Crippen LogP contribution in [0.4, 0.5) is 11.8 Å². The van der Waals surface area contributed by atoms with Crippen molar-refractivity contribution in [2.24, 2.45) is 0 Å². The largest absolute Gasteiger partial charge is 0.354 e. The molecule has 2 aromatic rings. The first kappa shape index (κ1) is 13.2. The molecule has 2 heterocycles. The predicted octanol–water partition coefficient (Wildman–Crippen LogP) is 3.12. The molecule has 5 heteroatoms. The standard InChI is InChI=1S/C15H17ClN4/c1-2-17-15-18-9-13(16)14(19-15)20-8-7-11-5-3-4-6-12(11)10-20/h3-6,9H,2,7-8,10H2,1H3,(H,17,18,19).